The second kappa shape index (κ2) is 9.67. The first-order chi connectivity index (χ1) is 16.6. The Morgan fingerprint density at radius 2 is 1.79 bits per heavy atom. The summed E-state index contributed by atoms with van der Waals surface area (Å²) in [5.41, 5.74) is 5.99. The Morgan fingerprint density at radius 3 is 2.62 bits per heavy atom. The van der Waals surface area contributed by atoms with Crippen molar-refractivity contribution in [3.63, 3.8) is 0 Å². The first-order valence-corrected chi connectivity index (χ1v) is 11.4. The van der Waals surface area contributed by atoms with Gasteiger partial charge >= 0.3 is 0 Å². The van der Waals surface area contributed by atoms with Crippen molar-refractivity contribution in [3.8, 4) is 17.1 Å². The van der Waals surface area contributed by atoms with E-state index in [1.807, 2.05) is 54.6 Å². The van der Waals surface area contributed by atoms with Crippen LogP contribution in [0.3, 0.4) is 0 Å². The van der Waals surface area contributed by atoms with Crippen molar-refractivity contribution in [2.45, 2.75) is 13.2 Å². The van der Waals surface area contributed by atoms with Crippen molar-refractivity contribution >= 4 is 34.6 Å². The van der Waals surface area contributed by atoms with E-state index in [1.165, 1.54) is 12.1 Å². The molecular formula is C26H20ClFN4OS. The first kappa shape index (κ1) is 22.1. The molecule has 34 heavy (non-hydrogen) atoms. The second-order valence-corrected chi connectivity index (χ2v) is 8.47. The third kappa shape index (κ3) is 4.53. The average Bonchev–Trinajstić information content (AvgIpc) is 3.23. The van der Waals surface area contributed by atoms with Crippen LogP contribution in [0.5, 0.6) is 5.75 Å². The topological polar surface area (TPSA) is 54.9 Å². The Morgan fingerprint density at radius 1 is 1.00 bits per heavy atom. The summed E-state index contributed by atoms with van der Waals surface area (Å²) >= 11 is 11.7. The van der Waals surface area contributed by atoms with Gasteiger partial charge in [-0.05, 0) is 41.2 Å². The summed E-state index contributed by atoms with van der Waals surface area (Å²) in [5.74, 6) is 1.00. The number of hydrogen-bond donors (Lipinski definition) is 2. The number of rotatable bonds is 7. The van der Waals surface area contributed by atoms with Crippen molar-refractivity contribution in [3.05, 3.63) is 112 Å². The van der Waals surface area contributed by atoms with Gasteiger partial charge in [0.25, 0.3) is 0 Å². The number of aromatic nitrogens is 3. The van der Waals surface area contributed by atoms with Crippen LogP contribution in [0.15, 0.2) is 84.9 Å². The summed E-state index contributed by atoms with van der Waals surface area (Å²) in [6.45, 7) is 0.645. The molecule has 0 spiro atoms. The highest BCUT2D eigenvalue weighted by Gasteiger charge is 2.13. The molecule has 0 unspecified atom stereocenters. The fourth-order valence-electron chi connectivity index (χ4n) is 3.81. The molecule has 5 nitrogen and oxygen atoms in total. The van der Waals surface area contributed by atoms with Crippen molar-refractivity contribution in [2.24, 2.45) is 0 Å². The summed E-state index contributed by atoms with van der Waals surface area (Å²) in [6.07, 6.45) is 0. The normalized spacial score (nSPS) is 11.0. The maximum atomic E-state index is 13.4. The van der Waals surface area contributed by atoms with Gasteiger partial charge in [-0.1, -0.05) is 78.3 Å². The molecular weight excluding hydrogens is 471 g/mol. The number of aromatic amines is 1. The van der Waals surface area contributed by atoms with E-state index >= 15 is 0 Å². The van der Waals surface area contributed by atoms with Gasteiger partial charge in [-0.15, -0.1) is 0 Å². The van der Waals surface area contributed by atoms with Crippen molar-refractivity contribution < 1.29 is 9.13 Å². The molecule has 8 heteroatoms. The molecule has 1 heterocycles. The Kier molecular flexibility index (Phi) is 6.29. The molecule has 4 aromatic carbocycles. The van der Waals surface area contributed by atoms with Crippen molar-refractivity contribution in [1.29, 1.82) is 0 Å². The van der Waals surface area contributed by atoms with Crippen LogP contribution in [0.25, 0.3) is 22.2 Å². The zero-order chi connectivity index (χ0) is 23.5. The van der Waals surface area contributed by atoms with Crippen LogP contribution >= 0.6 is 23.8 Å². The molecule has 0 saturated heterocycles. The molecule has 0 aliphatic carbocycles. The highest BCUT2D eigenvalue weighted by molar-refractivity contribution is 7.71. The van der Waals surface area contributed by atoms with E-state index in [4.69, 9.17) is 28.6 Å². The highest BCUT2D eigenvalue weighted by Crippen LogP contribution is 2.30. The molecule has 0 amide bonds. The van der Waals surface area contributed by atoms with E-state index in [-0.39, 0.29) is 12.4 Å². The molecule has 0 bridgehead atoms. The van der Waals surface area contributed by atoms with Crippen LogP contribution in [-0.2, 0) is 13.2 Å². The number of fused-ring (bicyclic) bond motifs is 1. The Hall–Kier alpha value is -3.68. The molecule has 0 atom stereocenters. The number of nitrogens with one attached hydrogen (secondary N) is 2. The summed E-state index contributed by atoms with van der Waals surface area (Å²) in [7, 11) is 0. The molecule has 0 saturated carbocycles. The van der Waals surface area contributed by atoms with E-state index in [2.05, 4.69) is 27.8 Å². The first-order valence-electron chi connectivity index (χ1n) is 10.6. The smallest absolute Gasteiger partial charge is 0.214 e. The standard InChI is InChI=1S/C26H20ClFN4OS/c27-23-14-20(28)12-10-19(23)16-33-24-13-11-17-6-4-5-9-21(17)22(24)15-29-32-25(30-31-26(32)34)18-7-2-1-3-8-18/h1-14,29H,15-16H2,(H,31,34). The number of benzene rings is 4. The van der Waals surface area contributed by atoms with Crippen LogP contribution in [0.2, 0.25) is 5.02 Å². The predicted molar refractivity (Wildman–Crippen MR) is 136 cm³/mol. The van der Waals surface area contributed by atoms with Gasteiger partial charge in [0.2, 0.25) is 4.77 Å². The highest BCUT2D eigenvalue weighted by atomic mass is 35.5. The molecule has 2 N–H and O–H groups in total. The quantitative estimate of drug-likeness (QED) is 0.244. The lowest BCUT2D eigenvalue weighted by atomic mass is 10.0. The minimum atomic E-state index is -0.379. The van der Waals surface area contributed by atoms with Gasteiger partial charge in [0.15, 0.2) is 5.82 Å². The lowest BCUT2D eigenvalue weighted by Gasteiger charge is -2.17. The number of nitrogens with zero attached hydrogens (tertiary/aromatic N) is 2. The summed E-state index contributed by atoms with van der Waals surface area (Å²) in [6, 6.07) is 26.1. The van der Waals surface area contributed by atoms with Crippen LogP contribution in [-0.4, -0.2) is 14.9 Å². The van der Waals surface area contributed by atoms with Crippen LogP contribution in [0, 0.1) is 10.6 Å². The maximum Gasteiger partial charge on any atom is 0.214 e. The molecule has 1 aromatic heterocycles. The maximum absolute atomic E-state index is 13.4. The minimum absolute atomic E-state index is 0.213. The number of ether oxygens (including phenoxy) is 1. The lowest BCUT2D eigenvalue weighted by molar-refractivity contribution is 0.303. The fraction of sp³-hybridized carbons (Fsp3) is 0.0769. The van der Waals surface area contributed by atoms with Crippen molar-refractivity contribution in [1.82, 2.24) is 14.9 Å². The molecule has 170 valence electrons. The van der Waals surface area contributed by atoms with Crippen LogP contribution in [0.1, 0.15) is 11.1 Å². The Balaban J connectivity index is 1.47. The predicted octanol–water partition coefficient (Wildman–Crippen LogP) is 6.88. The number of halogens is 2. The van der Waals surface area contributed by atoms with Crippen LogP contribution in [0.4, 0.5) is 4.39 Å². The summed E-state index contributed by atoms with van der Waals surface area (Å²) < 4.78 is 21.8. The van der Waals surface area contributed by atoms with Gasteiger partial charge in [0, 0.05) is 16.7 Å². The zero-order valence-corrected chi connectivity index (χ0v) is 19.5. The van der Waals surface area contributed by atoms with Gasteiger partial charge in [0.1, 0.15) is 18.2 Å². The average molecular weight is 491 g/mol. The summed E-state index contributed by atoms with van der Waals surface area (Å²) in [4.78, 5) is 0. The molecule has 0 fully saturated rings. The SMILES string of the molecule is Fc1ccc(COc2ccc3ccccc3c2CNn2c(-c3ccccc3)n[nH]c2=S)c(Cl)c1. The van der Waals surface area contributed by atoms with E-state index < -0.39 is 0 Å². The van der Waals surface area contributed by atoms with Gasteiger partial charge in [-0.3, -0.25) is 0 Å². The van der Waals surface area contributed by atoms with E-state index in [0.717, 1.165) is 21.9 Å². The van der Waals surface area contributed by atoms with Crippen molar-refractivity contribution in [2.75, 3.05) is 5.43 Å². The third-order valence-electron chi connectivity index (χ3n) is 5.51. The zero-order valence-electron chi connectivity index (χ0n) is 18.0. The molecule has 0 aliphatic rings. The Bertz CT molecular complexity index is 1520. The number of H-pyrrole nitrogens is 1. The fourth-order valence-corrected chi connectivity index (χ4v) is 4.23. The molecule has 5 rings (SSSR count). The lowest BCUT2D eigenvalue weighted by Crippen LogP contribution is -2.17. The van der Waals surface area contributed by atoms with E-state index in [0.29, 0.717) is 33.5 Å². The monoisotopic (exact) mass is 490 g/mol. The van der Waals surface area contributed by atoms with Gasteiger partial charge in [-0.2, -0.15) is 5.10 Å². The summed E-state index contributed by atoms with van der Waals surface area (Å²) in [5, 5.41) is 9.71. The largest absolute Gasteiger partial charge is 0.488 e. The number of hydrogen-bond acceptors (Lipinski definition) is 4. The Labute approximate surface area is 205 Å². The van der Waals surface area contributed by atoms with E-state index in [9.17, 15) is 4.39 Å². The molecule has 0 radical (unpaired) electrons. The van der Waals surface area contributed by atoms with Crippen LogP contribution < -0.4 is 10.2 Å². The van der Waals surface area contributed by atoms with Gasteiger partial charge in [-0.25, -0.2) is 14.2 Å². The molecule has 5 aromatic rings. The minimum Gasteiger partial charge on any atom is -0.488 e. The van der Waals surface area contributed by atoms with Gasteiger partial charge in [0.05, 0.1) is 11.6 Å². The van der Waals surface area contributed by atoms with E-state index in [1.54, 1.807) is 10.7 Å². The van der Waals surface area contributed by atoms with Gasteiger partial charge < -0.3 is 10.2 Å². The second-order valence-electron chi connectivity index (χ2n) is 7.68. The third-order valence-corrected chi connectivity index (χ3v) is 6.14. The molecule has 0 aliphatic heterocycles.